The maximum Gasteiger partial charge on any atom is 0.235 e. The van der Waals surface area contributed by atoms with Gasteiger partial charge in [0, 0.05) is 10.6 Å². The van der Waals surface area contributed by atoms with Crippen LogP contribution in [0.25, 0.3) is 22.3 Å². The zero-order valence-electron chi connectivity index (χ0n) is 15.1. The van der Waals surface area contributed by atoms with Crippen molar-refractivity contribution in [1.82, 2.24) is 0 Å². The molecule has 5 heteroatoms. The summed E-state index contributed by atoms with van der Waals surface area (Å²) in [5, 5.41) is 1.12. The maximum atomic E-state index is 13.1. The van der Waals surface area contributed by atoms with E-state index in [-0.39, 0.29) is 17.8 Å². The van der Waals surface area contributed by atoms with Crippen molar-refractivity contribution in [3.8, 4) is 22.8 Å². The SMILES string of the molecule is COc1ccc(-c2oc3ccccc3c(=O)c2OCc2ccc(Cl)cc2)cc1. The van der Waals surface area contributed by atoms with Gasteiger partial charge >= 0.3 is 0 Å². The molecule has 0 saturated heterocycles. The minimum Gasteiger partial charge on any atom is -0.497 e. The second kappa shape index (κ2) is 7.79. The van der Waals surface area contributed by atoms with E-state index in [2.05, 4.69) is 0 Å². The van der Waals surface area contributed by atoms with E-state index < -0.39 is 0 Å². The Balaban J connectivity index is 1.80. The van der Waals surface area contributed by atoms with Crippen LogP contribution < -0.4 is 14.9 Å². The van der Waals surface area contributed by atoms with Crippen LogP contribution in [-0.4, -0.2) is 7.11 Å². The largest absolute Gasteiger partial charge is 0.497 e. The van der Waals surface area contributed by atoms with Crippen molar-refractivity contribution in [1.29, 1.82) is 0 Å². The highest BCUT2D eigenvalue weighted by molar-refractivity contribution is 6.30. The molecule has 1 aromatic heterocycles. The van der Waals surface area contributed by atoms with Gasteiger partial charge in [0.15, 0.2) is 5.76 Å². The summed E-state index contributed by atoms with van der Waals surface area (Å²) in [5.74, 6) is 1.29. The van der Waals surface area contributed by atoms with Gasteiger partial charge in [0.05, 0.1) is 12.5 Å². The molecule has 0 radical (unpaired) electrons. The Kier molecular flexibility index (Phi) is 5.04. The average Bonchev–Trinajstić information content (AvgIpc) is 2.74. The standard InChI is InChI=1S/C23H17ClO4/c1-26-18-12-8-16(9-13-18)22-23(27-14-15-6-10-17(24)11-7-15)21(25)19-4-2-3-5-20(19)28-22/h2-13H,14H2,1H3. The molecule has 0 amide bonds. The molecule has 0 fully saturated rings. The van der Waals surface area contributed by atoms with E-state index in [0.29, 0.717) is 21.8 Å². The normalized spacial score (nSPS) is 10.8. The van der Waals surface area contributed by atoms with E-state index in [0.717, 1.165) is 16.9 Å². The van der Waals surface area contributed by atoms with Crippen molar-refractivity contribution < 1.29 is 13.9 Å². The first kappa shape index (κ1) is 18.1. The lowest BCUT2D eigenvalue weighted by atomic mass is 10.1. The number of hydrogen-bond donors (Lipinski definition) is 0. The van der Waals surface area contributed by atoms with Gasteiger partial charge < -0.3 is 13.9 Å². The smallest absolute Gasteiger partial charge is 0.235 e. The molecule has 0 aliphatic heterocycles. The van der Waals surface area contributed by atoms with Gasteiger partial charge in [-0.1, -0.05) is 35.9 Å². The molecule has 28 heavy (non-hydrogen) atoms. The number of fused-ring (bicyclic) bond motifs is 1. The lowest BCUT2D eigenvalue weighted by molar-refractivity contribution is 0.298. The Bertz CT molecular complexity index is 1160. The van der Waals surface area contributed by atoms with E-state index in [1.54, 1.807) is 37.4 Å². The summed E-state index contributed by atoms with van der Waals surface area (Å²) in [6.45, 7) is 0.226. The van der Waals surface area contributed by atoms with Gasteiger partial charge in [-0.25, -0.2) is 0 Å². The molecule has 0 aliphatic carbocycles. The molecular formula is C23H17ClO4. The number of rotatable bonds is 5. The maximum absolute atomic E-state index is 13.1. The lowest BCUT2D eigenvalue weighted by Crippen LogP contribution is -2.10. The van der Waals surface area contributed by atoms with Gasteiger partial charge in [-0.3, -0.25) is 4.79 Å². The third-order valence-electron chi connectivity index (χ3n) is 4.40. The Morgan fingerprint density at radius 1 is 0.929 bits per heavy atom. The summed E-state index contributed by atoms with van der Waals surface area (Å²) in [6.07, 6.45) is 0. The first-order valence-corrected chi connectivity index (χ1v) is 9.11. The van der Waals surface area contributed by atoms with Crippen molar-refractivity contribution in [2.24, 2.45) is 0 Å². The molecule has 0 unspecified atom stereocenters. The fraction of sp³-hybridized carbons (Fsp3) is 0.0870. The highest BCUT2D eigenvalue weighted by atomic mass is 35.5. The third kappa shape index (κ3) is 3.59. The lowest BCUT2D eigenvalue weighted by Gasteiger charge is -2.12. The molecule has 0 spiro atoms. The van der Waals surface area contributed by atoms with Crippen LogP contribution in [-0.2, 0) is 6.61 Å². The minimum atomic E-state index is -0.207. The summed E-state index contributed by atoms with van der Waals surface area (Å²) in [7, 11) is 1.60. The molecule has 0 N–H and O–H groups in total. The second-order valence-corrected chi connectivity index (χ2v) is 6.67. The number of ether oxygens (including phenoxy) is 2. The fourth-order valence-electron chi connectivity index (χ4n) is 2.92. The predicted molar refractivity (Wildman–Crippen MR) is 110 cm³/mol. The molecule has 4 rings (SSSR count). The third-order valence-corrected chi connectivity index (χ3v) is 4.66. The Morgan fingerprint density at radius 2 is 1.64 bits per heavy atom. The monoisotopic (exact) mass is 392 g/mol. The zero-order chi connectivity index (χ0) is 19.5. The van der Waals surface area contributed by atoms with Crippen LogP contribution >= 0.6 is 11.6 Å². The summed E-state index contributed by atoms with van der Waals surface area (Å²) in [5.41, 5.74) is 1.94. The molecule has 0 aliphatic rings. The zero-order valence-corrected chi connectivity index (χ0v) is 15.9. The van der Waals surface area contributed by atoms with Crippen LogP contribution in [0.5, 0.6) is 11.5 Å². The molecule has 140 valence electrons. The molecular weight excluding hydrogens is 376 g/mol. The van der Waals surface area contributed by atoms with Crippen LogP contribution in [0.3, 0.4) is 0 Å². The van der Waals surface area contributed by atoms with Gasteiger partial charge in [0.1, 0.15) is 17.9 Å². The van der Waals surface area contributed by atoms with E-state index in [1.165, 1.54) is 0 Å². The first-order valence-electron chi connectivity index (χ1n) is 8.73. The van der Waals surface area contributed by atoms with E-state index >= 15 is 0 Å². The summed E-state index contributed by atoms with van der Waals surface area (Å²) < 4.78 is 17.2. The van der Waals surface area contributed by atoms with Crippen molar-refractivity contribution in [3.63, 3.8) is 0 Å². The molecule has 4 aromatic rings. The number of halogens is 1. The summed E-state index contributed by atoms with van der Waals surface area (Å²) in [6, 6.07) is 21.7. The van der Waals surface area contributed by atoms with Crippen molar-refractivity contribution in [2.75, 3.05) is 7.11 Å². The van der Waals surface area contributed by atoms with Gasteiger partial charge in [-0.2, -0.15) is 0 Å². The number of hydrogen-bond acceptors (Lipinski definition) is 4. The summed E-state index contributed by atoms with van der Waals surface area (Å²) >= 11 is 5.93. The molecule has 3 aromatic carbocycles. The van der Waals surface area contributed by atoms with Crippen LogP contribution in [0, 0.1) is 0 Å². The quantitative estimate of drug-likeness (QED) is 0.437. The summed E-state index contributed by atoms with van der Waals surface area (Å²) in [4.78, 5) is 13.1. The Morgan fingerprint density at radius 3 is 2.36 bits per heavy atom. The van der Waals surface area contributed by atoms with Crippen molar-refractivity contribution in [3.05, 3.63) is 93.6 Å². The highest BCUT2D eigenvalue weighted by Gasteiger charge is 2.18. The van der Waals surface area contributed by atoms with Crippen molar-refractivity contribution in [2.45, 2.75) is 6.61 Å². The van der Waals surface area contributed by atoms with Gasteiger partial charge in [-0.15, -0.1) is 0 Å². The molecule has 1 heterocycles. The topological polar surface area (TPSA) is 48.7 Å². The average molecular weight is 393 g/mol. The minimum absolute atomic E-state index is 0.179. The van der Waals surface area contributed by atoms with Gasteiger partial charge in [0.2, 0.25) is 11.2 Å². The van der Waals surface area contributed by atoms with E-state index in [9.17, 15) is 4.79 Å². The van der Waals surface area contributed by atoms with E-state index in [4.69, 9.17) is 25.5 Å². The van der Waals surface area contributed by atoms with E-state index in [1.807, 2.05) is 42.5 Å². The van der Waals surface area contributed by atoms with Crippen LogP contribution in [0.15, 0.2) is 82.0 Å². The van der Waals surface area contributed by atoms with Crippen molar-refractivity contribution >= 4 is 22.6 Å². The number of benzene rings is 3. The van der Waals surface area contributed by atoms with Crippen LogP contribution in [0.4, 0.5) is 0 Å². The number of para-hydroxylation sites is 1. The fourth-order valence-corrected chi connectivity index (χ4v) is 3.05. The Hall–Kier alpha value is -3.24. The van der Waals surface area contributed by atoms with Crippen LogP contribution in [0.2, 0.25) is 5.02 Å². The number of methoxy groups -OCH3 is 1. The second-order valence-electron chi connectivity index (χ2n) is 6.23. The van der Waals surface area contributed by atoms with Gasteiger partial charge in [0.25, 0.3) is 0 Å². The molecule has 0 atom stereocenters. The highest BCUT2D eigenvalue weighted by Crippen LogP contribution is 2.32. The predicted octanol–water partition coefficient (Wildman–Crippen LogP) is 5.70. The first-order chi connectivity index (χ1) is 13.7. The molecule has 4 nitrogen and oxygen atoms in total. The molecule has 0 saturated carbocycles. The Labute approximate surface area is 166 Å². The van der Waals surface area contributed by atoms with Crippen LogP contribution in [0.1, 0.15) is 5.56 Å². The molecule has 0 bridgehead atoms. The van der Waals surface area contributed by atoms with Gasteiger partial charge in [-0.05, 0) is 54.1 Å².